The summed E-state index contributed by atoms with van der Waals surface area (Å²) in [6.07, 6.45) is 0. The molecule has 0 radical (unpaired) electrons. The quantitative estimate of drug-likeness (QED) is 0.761. The van der Waals surface area contributed by atoms with Gasteiger partial charge in [0.25, 0.3) is 5.56 Å². The molecule has 1 aromatic carbocycles. The Bertz CT molecular complexity index is 592. The largest absolute Gasteiger partial charge is 0.465 e. The topological polar surface area (TPSA) is 56.3 Å². The van der Waals surface area contributed by atoms with E-state index >= 15 is 0 Å². The van der Waals surface area contributed by atoms with E-state index < -0.39 is 11.5 Å². The minimum absolute atomic E-state index is 0.256. The summed E-state index contributed by atoms with van der Waals surface area (Å²) >= 11 is 1.14. The Morgan fingerprint density at radius 2 is 2.00 bits per heavy atom. The van der Waals surface area contributed by atoms with E-state index in [1.807, 2.05) is 30.3 Å². The van der Waals surface area contributed by atoms with Crippen molar-refractivity contribution in [2.75, 3.05) is 7.11 Å². The molecule has 0 saturated heterocycles. The van der Waals surface area contributed by atoms with Gasteiger partial charge in [-0.3, -0.25) is 4.79 Å². The number of benzene rings is 1. The standard InChI is InChI=1S/C12H9NO3S/c1-16-12(15)9-7-10(14)13-11(17-9)8-5-3-2-4-6-8/h2-7H,1H3. The second kappa shape index (κ2) is 4.88. The maximum absolute atomic E-state index is 11.4. The third-order valence-corrected chi connectivity index (χ3v) is 3.11. The van der Waals surface area contributed by atoms with Gasteiger partial charge in [-0.15, -0.1) is 11.3 Å². The monoisotopic (exact) mass is 247 g/mol. The molecule has 0 fully saturated rings. The second-order valence-electron chi connectivity index (χ2n) is 3.22. The molecular weight excluding hydrogens is 238 g/mol. The van der Waals surface area contributed by atoms with E-state index in [0.717, 1.165) is 16.9 Å². The van der Waals surface area contributed by atoms with Gasteiger partial charge in [0.05, 0.1) is 7.11 Å². The lowest BCUT2D eigenvalue weighted by Gasteiger charge is -2.01. The highest BCUT2D eigenvalue weighted by molar-refractivity contribution is 7.16. The fraction of sp³-hybridized carbons (Fsp3) is 0.0833. The molecule has 5 heteroatoms. The molecule has 0 spiro atoms. The third kappa shape index (κ3) is 2.57. The number of carbonyl (C=O) groups is 1. The number of nitrogens with zero attached hydrogens (tertiary/aromatic N) is 1. The van der Waals surface area contributed by atoms with Crippen molar-refractivity contribution in [2.24, 2.45) is 0 Å². The zero-order chi connectivity index (χ0) is 12.3. The first-order valence-electron chi connectivity index (χ1n) is 4.86. The van der Waals surface area contributed by atoms with Crippen LogP contribution in [0.5, 0.6) is 0 Å². The average Bonchev–Trinajstić information content (AvgIpc) is 2.38. The SMILES string of the molecule is COC(=O)c1cc(=O)nc(-c2ccccc2)s1. The maximum atomic E-state index is 11.4. The molecule has 0 atom stereocenters. The molecule has 0 aliphatic heterocycles. The zero-order valence-electron chi connectivity index (χ0n) is 9.04. The second-order valence-corrected chi connectivity index (χ2v) is 4.25. The number of carbonyl (C=O) groups excluding carboxylic acids is 1. The summed E-state index contributed by atoms with van der Waals surface area (Å²) in [6, 6.07) is 10.4. The summed E-state index contributed by atoms with van der Waals surface area (Å²) in [7, 11) is 1.28. The third-order valence-electron chi connectivity index (χ3n) is 2.08. The van der Waals surface area contributed by atoms with Crippen LogP contribution in [0.3, 0.4) is 0 Å². The Morgan fingerprint density at radius 1 is 1.29 bits per heavy atom. The van der Waals surface area contributed by atoms with Crippen LogP contribution in [0.2, 0.25) is 0 Å². The van der Waals surface area contributed by atoms with Crippen molar-refractivity contribution in [2.45, 2.75) is 0 Å². The van der Waals surface area contributed by atoms with E-state index in [2.05, 4.69) is 9.72 Å². The van der Waals surface area contributed by atoms with E-state index in [-0.39, 0.29) is 4.88 Å². The smallest absolute Gasteiger partial charge is 0.348 e. The van der Waals surface area contributed by atoms with Gasteiger partial charge >= 0.3 is 5.97 Å². The van der Waals surface area contributed by atoms with Crippen LogP contribution in [-0.4, -0.2) is 18.1 Å². The number of rotatable bonds is 2. The molecular formula is C12H9NO3S. The van der Waals surface area contributed by atoms with Crippen molar-refractivity contribution >= 4 is 17.3 Å². The summed E-state index contributed by atoms with van der Waals surface area (Å²) in [6.45, 7) is 0. The Morgan fingerprint density at radius 3 is 2.65 bits per heavy atom. The molecule has 0 bridgehead atoms. The fourth-order valence-corrected chi connectivity index (χ4v) is 2.23. The Hall–Kier alpha value is -2.01. The van der Waals surface area contributed by atoms with Gasteiger partial charge in [0.2, 0.25) is 0 Å². The molecule has 0 amide bonds. The predicted molar refractivity (Wildman–Crippen MR) is 65.2 cm³/mol. The molecule has 0 aliphatic carbocycles. The van der Waals surface area contributed by atoms with Crippen molar-refractivity contribution in [3.8, 4) is 10.6 Å². The van der Waals surface area contributed by atoms with Crippen LogP contribution in [0.15, 0.2) is 41.2 Å². The van der Waals surface area contributed by atoms with Crippen LogP contribution in [0.4, 0.5) is 0 Å². The summed E-state index contributed by atoms with van der Waals surface area (Å²) in [5.74, 6) is -0.522. The van der Waals surface area contributed by atoms with E-state index in [4.69, 9.17) is 0 Å². The van der Waals surface area contributed by atoms with Crippen molar-refractivity contribution in [1.82, 2.24) is 4.98 Å². The van der Waals surface area contributed by atoms with Crippen LogP contribution in [0, 0.1) is 0 Å². The molecule has 2 rings (SSSR count). The highest BCUT2D eigenvalue weighted by atomic mass is 32.1. The van der Waals surface area contributed by atoms with Gasteiger partial charge in [-0.25, -0.2) is 4.79 Å². The van der Waals surface area contributed by atoms with Gasteiger partial charge in [0, 0.05) is 11.6 Å². The number of aromatic nitrogens is 1. The van der Waals surface area contributed by atoms with E-state index in [1.165, 1.54) is 13.2 Å². The van der Waals surface area contributed by atoms with E-state index in [9.17, 15) is 9.59 Å². The Balaban J connectivity index is 2.53. The van der Waals surface area contributed by atoms with Crippen molar-refractivity contribution < 1.29 is 9.53 Å². The highest BCUT2D eigenvalue weighted by Gasteiger charge is 2.11. The van der Waals surface area contributed by atoms with E-state index in [0.29, 0.717) is 5.01 Å². The maximum Gasteiger partial charge on any atom is 0.348 e. The summed E-state index contributed by atoms with van der Waals surface area (Å²) in [4.78, 5) is 26.9. The molecule has 0 unspecified atom stereocenters. The van der Waals surface area contributed by atoms with Crippen LogP contribution in [-0.2, 0) is 4.74 Å². The Kier molecular flexibility index (Phi) is 3.30. The van der Waals surface area contributed by atoms with Crippen LogP contribution >= 0.6 is 11.3 Å². The first kappa shape index (κ1) is 11.5. The lowest BCUT2D eigenvalue weighted by Crippen LogP contribution is -2.09. The first-order chi connectivity index (χ1) is 8.20. The van der Waals surface area contributed by atoms with Crippen LogP contribution in [0.1, 0.15) is 9.67 Å². The van der Waals surface area contributed by atoms with Gasteiger partial charge in [-0.05, 0) is 0 Å². The zero-order valence-corrected chi connectivity index (χ0v) is 9.86. The molecule has 17 heavy (non-hydrogen) atoms. The van der Waals surface area contributed by atoms with E-state index in [1.54, 1.807) is 0 Å². The lowest BCUT2D eigenvalue weighted by atomic mass is 10.2. The molecule has 2 aromatic rings. The van der Waals surface area contributed by atoms with Gasteiger partial charge in [-0.2, -0.15) is 4.98 Å². The minimum Gasteiger partial charge on any atom is -0.465 e. The number of ether oxygens (including phenoxy) is 1. The molecule has 86 valence electrons. The van der Waals surface area contributed by atoms with Gasteiger partial charge in [-0.1, -0.05) is 30.3 Å². The lowest BCUT2D eigenvalue weighted by molar-refractivity contribution is 0.0606. The van der Waals surface area contributed by atoms with Gasteiger partial charge < -0.3 is 4.74 Å². The van der Waals surface area contributed by atoms with Crippen LogP contribution < -0.4 is 5.56 Å². The first-order valence-corrected chi connectivity index (χ1v) is 5.68. The Labute approximate surface area is 102 Å². The fourth-order valence-electron chi connectivity index (χ4n) is 1.31. The molecule has 0 saturated carbocycles. The highest BCUT2D eigenvalue weighted by Crippen LogP contribution is 2.22. The number of esters is 1. The van der Waals surface area contributed by atoms with Crippen LogP contribution in [0.25, 0.3) is 10.6 Å². The summed E-state index contributed by atoms with van der Waals surface area (Å²) in [5.41, 5.74) is 0.364. The van der Waals surface area contributed by atoms with Gasteiger partial charge in [0.15, 0.2) is 0 Å². The van der Waals surface area contributed by atoms with Crippen molar-refractivity contribution in [3.63, 3.8) is 0 Å². The molecule has 1 aromatic heterocycles. The number of hydrogen-bond donors (Lipinski definition) is 0. The number of methoxy groups -OCH3 is 1. The minimum atomic E-state index is -0.522. The molecule has 0 N–H and O–H groups in total. The normalized spacial score (nSPS) is 9.94. The van der Waals surface area contributed by atoms with Gasteiger partial charge in [0.1, 0.15) is 9.88 Å². The number of hydrogen-bond acceptors (Lipinski definition) is 5. The summed E-state index contributed by atoms with van der Waals surface area (Å²) in [5, 5.41) is 0.513. The molecule has 4 nitrogen and oxygen atoms in total. The van der Waals surface area contributed by atoms with Crippen molar-refractivity contribution in [1.29, 1.82) is 0 Å². The van der Waals surface area contributed by atoms with Crippen molar-refractivity contribution in [3.05, 3.63) is 51.6 Å². The predicted octanol–water partition coefficient (Wildman–Crippen LogP) is 1.96. The molecule has 1 heterocycles. The molecule has 0 aliphatic rings. The average molecular weight is 247 g/mol. The summed E-state index contributed by atoms with van der Waals surface area (Å²) < 4.78 is 4.59.